The zero-order valence-electron chi connectivity index (χ0n) is 21.5. The van der Waals surface area contributed by atoms with Crippen LogP contribution in [0.25, 0.3) is 0 Å². The number of H-pyrrole nitrogens is 2. The standard InChI is InChI=1S/C26H27N7O5S/c1-26(2)15-33(39(36,37)17-6-4-10-27-13-17)14-19-22(26)31-32-23(19)30-24(34)18-9-8-16(38-3)12-21(18)29-25(35)20-7-5-11-28-20/h4-13,28H,14-15H2,1-3H3,(H,29,35)(H2,30,31,32,34). The molecular formula is C26H27N7O5S. The molecule has 4 N–H and O–H groups in total. The second-order valence-corrected chi connectivity index (χ2v) is 11.6. The molecule has 0 unspecified atom stereocenters. The molecule has 3 aromatic heterocycles. The van der Waals surface area contributed by atoms with Crippen molar-refractivity contribution in [3.8, 4) is 5.75 Å². The number of methoxy groups -OCH3 is 1. The molecular weight excluding hydrogens is 522 g/mol. The normalized spacial score (nSPS) is 14.8. The van der Waals surface area contributed by atoms with Crippen molar-refractivity contribution in [1.29, 1.82) is 0 Å². The molecule has 0 atom stereocenters. The van der Waals surface area contributed by atoms with Crippen LogP contribution in [0, 0.1) is 0 Å². The zero-order valence-corrected chi connectivity index (χ0v) is 22.3. The van der Waals surface area contributed by atoms with E-state index >= 15 is 0 Å². The Balaban J connectivity index is 1.45. The first kappa shape index (κ1) is 26.1. The Labute approximate surface area is 224 Å². The number of ether oxygens (including phenoxy) is 1. The number of nitrogens with one attached hydrogen (secondary N) is 4. The predicted octanol–water partition coefficient (Wildman–Crippen LogP) is 3.13. The summed E-state index contributed by atoms with van der Waals surface area (Å²) >= 11 is 0. The van der Waals surface area contributed by atoms with Gasteiger partial charge in [0.2, 0.25) is 10.0 Å². The lowest BCUT2D eigenvalue weighted by molar-refractivity contribution is 0.102. The molecule has 0 saturated heterocycles. The van der Waals surface area contributed by atoms with Crippen LogP contribution in [0.3, 0.4) is 0 Å². The number of pyridine rings is 1. The van der Waals surface area contributed by atoms with Crippen LogP contribution in [0.1, 0.15) is 46.0 Å². The summed E-state index contributed by atoms with van der Waals surface area (Å²) in [5, 5.41) is 12.8. The molecule has 0 bridgehead atoms. The molecule has 13 heteroatoms. The van der Waals surface area contributed by atoms with Crippen LogP contribution >= 0.6 is 0 Å². The second kappa shape index (κ2) is 10.0. The highest BCUT2D eigenvalue weighted by Gasteiger charge is 2.41. The van der Waals surface area contributed by atoms with Crippen LogP contribution in [0.4, 0.5) is 11.5 Å². The second-order valence-electron chi connectivity index (χ2n) is 9.68. The van der Waals surface area contributed by atoms with Gasteiger partial charge >= 0.3 is 0 Å². The fourth-order valence-electron chi connectivity index (χ4n) is 4.54. The average molecular weight is 550 g/mol. The third kappa shape index (κ3) is 5.01. The first-order valence-electron chi connectivity index (χ1n) is 12.0. The predicted molar refractivity (Wildman–Crippen MR) is 143 cm³/mol. The van der Waals surface area contributed by atoms with Crippen molar-refractivity contribution < 1.29 is 22.7 Å². The number of carbonyl (C=O) groups is 2. The number of anilines is 2. The number of amides is 2. The van der Waals surface area contributed by atoms with Crippen molar-refractivity contribution in [1.82, 2.24) is 24.5 Å². The fourth-order valence-corrected chi connectivity index (χ4v) is 6.08. The van der Waals surface area contributed by atoms with Crippen molar-refractivity contribution in [3.63, 3.8) is 0 Å². The van der Waals surface area contributed by atoms with Gasteiger partial charge in [-0.25, -0.2) is 8.42 Å². The van der Waals surface area contributed by atoms with Crippen molar-refractivity contribution in [2.45, 2.75) is 30.7 Å². The molecule has 12 nitrogen and oxygen atoms in total. The highest BCUT2D eigenvalue weighted by Crippen LogP contribution is 2.38. The fraction of sp³-hybridized carbons (Fsp3) is 0.231. The summed E-state index contributed by atoms with van der Waals surface area (Å²) in [7, 11) is -2.37. The molecule has 0 radical (unpaired) electrons. The third-order valence-corrected chi connectivity index (χ3v) is 8.29. The number of aromatic amines is 2. The number of aromatic nitrogens is 4. The minimum absolute atomic E-state index is 0.00113. The van der Waals surface area contributed by atoms with Crippen molar-refractivity contribution in [3.05, 3.63) is 83.6 Å². The van der Waals surface area contributed by atoms with Gasteiger partial charge in [-0.15, -0.1) is 0 Å². The minimum Gasteiger partial charge on any atom is -0.497 e. The molecule has 4 aromatic rings. The number of carbonyl (C=O) groups excluding carboxylic acids is 2. The largest absolute Gasteiger partial charge is 0.497 e. The molecule has 1 aliphatic rings. The Bertz CT molecular complexity index is 1630. The van der Waals surface area contributed by atoms with E-state index in [0.717, 1.165) is 5.69 Å². The van der Waals surface area contributed by atoms with E-state index in [9.17, 15) is 18.0 Å². The van der Waals surface area contributed by atoms with Gasteiger partial charge in [0.05, 0.1) is 18.4 Å². The Morgan fingerprint density at radius 1 is 1.10 bits per heavy atom. The number of nitrogens with zero attached hydrogens (tertiary/aromatic N) is 3. The highest BCUT2D eigenvalue weighted by molar-refractivity contribution is 7.89. The monoisotopic (exact) mass is 549 g/mol. The Morgan fingerprint density at radius 2 is 1.92 bits per heavy atom. The van der Waals surface area contributed by atoms with Crippen molar-refractivity contribution >= 4 is 33.3 Å². The van der Waals surface area contributed by atoms with Crippen molar-refractivity contribution in [2.75, 3.05) is 24.3 Å². The number of rotatable bonds is 7. The first-order chi connectivity index (χ1) is 18.6. The Kier molecular flexibility index (Phi) is 6.70. The Morgan fingerprint density at radius 3 is 2.62 bits per heavy atom. The topological polar surface area (TPSA) is 162 Å². The van der Waals surface area contributed by atoms with Gasteiger partial charge < -0.3 is 20.4 Å². The lowest BCUT2D eigenvalue weighted by atomic mass is 9.84. The maximum atomic E-state index is 13.4. The Hall–Kier alpha value is -4.49. The van der Waals surface area contributed by atoms with Crippen molar-refractivity contribution in [2.24, 2.45) is 0 Å². The van der Waals surface area contributed by atoms with E-state index in [1.807, 2.05) is 13.8 Å². The number of benzene rings is 1. The van der Waals surface area contributed by atoms with Crippen LogP contribution in [-0.2, 0) is 22.0 Å². The van der Waals surface area contributed by atoms with E-state index in [4.69, 9.17) is 4.74 Å². The van der Waals surface area contributed by atoms with E-state index < -0.39 is 27.3 Å². The number of sulfonamides is 1. The molecule has 2 amide bonds. The molecule has 39 heavy (non-hydrogen) atoms. The molecule has 0 saturated carbocycles. The lowest BCUT2D eigenvalue weighted by Gasteiger charge is -2.36. The van der Waals surface area contributed by atoms with E-state index in [1.54, 1.807) is 36.5 Å². The van der Waals surface area contributed by atoms with Gasteiger partial charge in [0.15, 0.2) is 5.82 Å². The number of hydrogen-bond acceptors (Lipinski definition) is 7. The summed E-state index contributed by atoms with van der Waals surface area (Å²) in [6.45, 7) is 4.01. The maximum absolute atomic E-state index is 13.4. The van der Waals surface area contributed by atoms with E-state index in [-0.39, 0.29) is 35.1 Å². The molecule has 4 heterocycles. The van der Waals surface area contributed by atoms with E-state index in [0.29, 0.717) is 17.0 Å². The number of hydrogen-bond donors (Lipinski definition) is 4. The molecule has 5 rings (SSSR count). The minimum atomic E-state index is -3.85. The van der Waals surface area contributed by atoms with Gasteiger partial charge in [-0.3, -0.25) is 19.7 Å². The van der Waals surface area contributed by atoms with Gasteiger partial charge in [0.25, 0.3) is 11.8 Å². The van der Waals surface area contributed by atoms with E-state index in [2.05, 4.69) is 30.8 Å². The van der Waals surface area contributed by atoms with Crippen LogP contribution in [0.5, 0.6) is 5.75 Å². The number of fused-ring (bicyclic) bond motifs is 1. The summed E-state index contributed by atoms with van der Waals surface area (Å²) < 4.78 is 33.4. The molecule has 0 fully saturated rings. The highest BCUT2D eigenvalue weighted by atomic mass is 32.2. The van der Waals surface area contributed by atoms with E-state index in [1.165, 1.54) is 35.9 Å². The van der Waals surface area contributed by atoms with Crippen LogP contribution in [0.2, 0.25) is 0 Å². The lowest BCUT2D eigenvalue weighted by Crippen LogP contribution is -2.45. The van der Waals surface area contributed by atoms with Crippen LogP contribution in [-0.4, -0.2) is 58.4 Å². The smallest absolute Gasteiger partial charge is 0.272 e. The average Bonchev–Trinajstić information content (AvgIpc) is 3.60. The van der Waals surface area contributed by atoms with Crippen LogP contribution < -0.4 is 15.4 Å². The summed E-state index contributed by atoms with van der Waals surface area (Å²) in [6, 6.07) is 11.0. The molecule has 1 aliphatic heterocycles. The zero-order chi connectivity index (χ0) is 27.8. The molecule has 1 aromatic carbocycles. The first-order valence-corrected chi connectivity index (χ1v) is 13.5. The summed E-state index contributed by atoms with van der Waals surface area (Å²) in [5.74, 6) is -0.327. The van der Waals surface area contributed by atoms with Gasteiger partial charge in [0, 0.05) is 54.4 Å². The van der Waals surface area contributed by atoms with Gasteiger partial charge in [-0.2, -0.15) is 9.40 Å². The molecule has 0 aliphatic carbocycles. The SMILES string of the molecule is COc1ccc(C(=O)Nc2n[nH]c3c2CN(S(=O)(=O)c2cccnc2)CC3(C)C)c(NC(=O)c2ccc[nH]2)c1. The quantitative estimate of drug-likeness (QED) is 0.275. The maximum Gasteiger partial charge on any atom is 0.272 e. The van der Waals surface area contributed by atoms with Crippen LogP contribution in [0.15, 0.2) is 66.0 Å². The summed E-state index contributed by atoms with van der Waals surface area (Å²) in [5.41, 5.74) is 1.39. The summed E-state index contributed by atoms with van der Waals surface area (Å²) in [4.78, 5) is 33.0. The molecule has 202 valence electrons. The van der Waals surface area contributed by atoms with Gasteiger partial charge in [-0.1, -0.05) is 13.8 Å². The third-order valence-electron chi connectivity index (χ3n) is 6.52. The van der Waals surface area contributed by atoms with Gasteiger partial charge in [-0.05, 0) is 36.4 Å². The summed E-state index contributed by atoms with van der Waals surface area (Å²) in [6.07, 6.45) is 4.44. The van der Waals surface area contributed by atoms with Gasteiger partial charge in [0.1, 0.15) is 16.3 Å². The molecule has 0 spiro atoms.